The Morgan fingerprint density at radius 3 is 2.67 bits per heavy atom. The van der Waals surface area contributed by atoms with Crippen LogP contribution >= 0.6 is 0 Å². The average Bonchev–Trinajstić information content (AvgIpc) is 2.36. The van der Waals surface area contributed by atoms with Crippen molar-refractivity contribution in [1.29, 1.82) is 0 Å². The minimum absolute atomic E-state index is 0.0587. The third-order valence-corrected chi connectivity index (χ3v) is 3.02. The summed E-state index contributed by atoms with van der Waals surface area (Å²) in [4.78, 5) is 11.4. The number of aryl methyl sites for hydroxylation is 1. The lowest BCUT2D eigenvalue weighted by molar-refractivity contribution is -0.128. The summed E-state index contributed by atoms with van der Waals surface area (Å²) in [6.45, 7) is 6.63. The molecule has 100 valence electrons. The lowest BCUT2D eigenvalue weighted by atomic mass is 9.98. The maximum atomic E-state index is 11.4. The van der Waals surface area contributed by atoms with Gasteiger partial charge in [-0.2, -0.15) is 0 Å². The molecule has 0 saturated carbocycles. The number of aliphatic hydroxyl groups excluding tert-OH is 1. The minimum atomic E-state index is -1.13. The summed E-state index contributed by atoms with van der Waals surface area (Å²) in [6.07, 6.45) is -1.13. The molecule has 0 heterocycles. The lowest BCUT2D eigenvalue weighted by Gasteiger charge is -2.13. The van der Waals surface area contributed by atoms with Gasteiger partial charge in [0, 0.05) is 13.1 Å². The van der Waals surface area contributed by atoms with E-state index in [0.717, 1.165) is 11.1 Å². The van der Waals surface area contributed by atoms with Crippen molar-refractivity contribution in [2.45, 2.75) is 39.3 Å². The molecular formula is C14H22N2O2. The molecule has 4 heteroatoms. The van der Waals surface area contributed by atoms with Crippen LogP contribution in [0.5, 0.6) is 0 Å². The molecule has 4 nitrogen and oxygen atoms in total. The lowest BCUT2D eigenvalue weighted by Crippen LogP contribution is -2.38. The Hall–Kier alpha value is -1.39. The molecule has 0 aromatic heterocycles. The second kappa shape index (κ2) is 6.52. The van der Waals surface area contributed by atoms with Crippen LogP contribution in [0.1, 0.15) is 36.5 Å². The van der Waals surface area contributed by atoms with E-state index in [1.807, 2.05) is 6.92 Å². The monoisotopic (exact) mass is 250 g/mol. The Bertz CT molecular complexity index is 416. The number of rotatable bonds is 5. The maximum absolute atomic E-state index is 11.4. The number of nitrogens with one attached hydrogen (secondary N) is 1. The first kappa shape index (κ1) is 14.7. The first-order chi connectivity index (χ1) is 8.45. The van der Waals surface area contributed by atoms with Gasteiger partial charge in [-0.25, -0.2) is 0 Å². The van der Waals surface area contributed by atoms with E-state index in [1.165, 1.54) is 5.56 Å². The molecule has 0 fully saturated rings. The van der Waals surface area contributed by atoms with Crippen molar-refractivity contribution in [2.75, 3.05) is 6.54 Å². The van der Waals surface area contributed by atoms with Crippen molar-refractivity contribution >= 4 is 5.91 Å². The number of benzene rings is 1. The molecule has 0 spiro atoms. The number of aliphatic hydroxyl groups is 1. The predicted molar refractivity (Wildman–Crippen MR) is 72.2 cm³/mol. The van der Waals surface area contributed by atoms with E-state index in [9.17, 15) is 9.90 Å². The molecular weight excluding hydrogens is 228 g/mol. The average molecular weight is 250 g/mol. The standard InChI is InChI=1S/C14H22N2O2/c1-9(2)11-5-4-10(3)12(6-11)8-16-14(18)13(17)7-15/h4-6,9,13,17H,7-8,15H2,1-3H3,(H,16,18). The maximum Gasteiger partial charge on any atom is 0.250 e. The molecule has 1 rings (SSSR count). The molecule has 0 aliphatic carbocycles. The molecule has 0 bridgehead atoms. The molecule has 0 saturated heterocycles. The number of amides is 1. The molecule has 1 unspecified atom stereocenters. The fourth-order valence-electron chi connectivity index (χ4n) is 1.65. The number of nitrogens with two attached hydrogens (primary N) is 1. The molecule has 0 radical (unpaired) electrons. The normalized spacial score (nSPS) is 12.6. The van der Waals surface area contributed by atoms with Crippen LogP contribution in [0.4, 0.5) is 0 Å². The second-order valence-corrected chi connectivity index (χ2v) is 4.81. The van der Waals surface area contributed by atoms with Crippen LogP contribution in [-0.4, -0.2) is 23.7 Å². The SMILES string of the molecule is Cc1ccc(C(C)C)cc1CNC(=O)C(O)CN. The van der Waals surface area contributed by atoms with Gasteiger partial charge in [-0.3, -0.25) is 4.79 Å². The Labute approximate surface area is 108 Å². The van der Waals surface area contributed by atoms with Crippen molar-refractivity contribution in [2.24, 2.45) is 5.73 Å². The highest BCUT2D eigenvalue weighted by molar-refractivity contribution is 5.80. The van der Waals surface area contributed by atoms with E-state index >= 15 is 0 Å². The van der Waals surface area contributed by atoms with Crippen molar-refractivity contribution < 1.29 is 9.90 Å². The summed E-state index contributed by atoms with van der Waals surface area (Å²) in [5.41, 5.74) is 8.66. The quantitative estimate of drug-likeness (QED) is 0.731. The Morgan fingerprint density at radius 2 is 2.11 bits per heavy atom. The molecule has 1 aromatic rings. The Kier molecular flexibility index (Phi) is 5.31. The van der Waals surface area contributed by atoms with Gasteiger partial charge >= 0.3 is 0 Å². The van der Waals surface area contributed by atoms with Crippen molar-refractivity contribution in [3.8, 4) is 0 Å². The van der Waals surface area contributed by atoms with Crippen LogP contribution in [-0.2, 0) is 11.3 Å². The first-order valence-electron chi connectivity index (χ1n) is 6.21. The Morgan fingerprint density at radius 1 is 1.44 bits per heavy atom. The van der Waals surface area contributed by atoms with Crippen molar-refractivity contribution in [3.63, 3.8) is 0 Å². The molecule has 0 aliphatic rings. The van der Waals surface area contributed by atoms with E-state index in [4.69, 9.17) is 5.73 Å². The third-order valence-electron chi connectivity index (χ3n) is 3.02. The predicted octanol–water partition coefficient (Wildman–Crippen LogP) is 1.05. The van der Waals surface area contributed by atoms with E-state index in [1.54, 1.807) is 0 Å². The summed E-state index contributed by atoms with van der Waals surface area (Å²) < 4.78 is 0. The summed E-state index contributed by atoms with van der Waals surface area (Å²) in [5, 5.41) is 12.0. The van der Waals surface area contributed by atoms with Gasteiger partial charge in [0.2, 0.25) is 5.91 Å². The highest BCUT2D eigenvalue weighted by atomic mass is 16.3. The van der Waals surface area contributed by atoms with Crippen LogP contribution in [0.15, 0.2) is 18.2 Å². The highest BCUT2D eigenvalue weighted by Crippen LogP contribution is 2.18. The highest BCUT2D eigenvalue weighted by Gasteiger charge is 2.12. The molecule has 1 amide bonds. The summed E-state index contributed by atoms with van der Waals surface area (Å²) in [5.74, 6) is 0.0292. The van der Waals surface area contributed by atoms with Gasteiger partial charge in [-0.15, -0.1) is 0 Å². The molecule has 18 heavy (non-hydrogen) atoms. The number of carbonyl (C=O) groups excluding carboxylic acids is 1. The number of hydrogen-bond acceptors (Lipinski definition) is 3. The molecule has 1 aromatic carbocycles. The van der Waals surface area contributed by atoms with Crippen LogP contribution in [0, 0.1) is 6.92 Å². The van der Waals surface area contributed by atoms with Gasteiger partial charge in [0.05, 0.1) is 0 Å². The summed E-state index contributed by atoms with van der Waals surface area (Å²) in [6, 6.07) is 6.24. The number of carbonyl (C=O) groups is 1. The first-order valence-corrected chi connectivity index (χ1v) is 6.21. The van der Waals surface area contributed by atoms with Crippen LogP contribution in [0.3, 0.4) is 0 Å². The van der Waals surface area contributed by atoms with Gasteiger partial charge in [0.25, 0.3) is 0 Å². The topological polar surface area (TPSA) is 75.3 Å². The second-order valence-electron chi connectivity index (χ2n) is 4.81. The van der Waals surface area contributed by atoms with Crippen LogP contribution < -0.4 is 11.1 Å². The smallest absolute Gasteiger partial charge is 0.250 e. The largest absolute Gasteiger partial charge is 0.382 e. The Balaban J connectivity index is 2.72. The van der Waals surface area contributed by atoms with Crippen molar-refractivity contribution in [1.82, 2.24) is 5.32 Å². The van der Waals surface area contributed by atoms with E-state index in [0.29, 0.717) is 12.5 Å². The summed E-state index contributed by atoms with van der Waals surface area (Å²) in [7, 11) is 0. The fourth-order valence-corrected chi connectivity index (χ4v) is 1.65. The molecule has 4 N–H and O–H groups in total. The molecule has 1 atom stereocenters. The minimum Gasteiger partial charge on any atom is -0.382 e. The van der Waals surface area contributed by atoms with E-state index < -0.39 is 12.0 Å². The van der Waals surface area contributed by atoms with Gasteiger partial charge in [-0.05, 0) is 29.5 Å². The van der Waals surface area contributed by atoms with Gasteiger partial charge in [-0.1, -0.05) is 32.0 Å². The fraction of sp³-hybridized carbons (Fsp3) is 0.500. The molecule has 0 aliphatic heterocycles. The number of hydrogen-bond donors (Lipinski definition) is 3. The van der Waals surface area contributed by atoms with E-state index in [-0.39, 0.29) is 6.54 Å². The zero-order valence-electron chi connectivity index (χ0n) is 11.2. The van der Waals surface area contributed by atoms with Gasteiger partial charge < -0.3 is 16.2 Å². The zero-order valence-corrected chi connectivity index (χ0v) is 11.2. The summed E-state index contributed by atoms with van der Waals surface area (Å²) >= 11 is 0. The van der Waals surface area contributed by atoms with E-state index in [2.05, 4.69) is 37.4 Å². The van der Waals surface area contributed by atoms with Gasteiger partial charge in [0.1, 0.15) is 6.10 Å². The van der Waals surface area contributed by atoms with Gasteiger partial charge in [0.15, 0.2) is 0 Å². The zero-order chi connectivity index (χ0) is 13.7. The van der Waals surface area contributed by atoms with Crippen LogP contribution in [0.25, 0.3) is 0 Å². The van der Waals surface area contributed by atoms with Crippen LogP contribution in [0.2, 0.25) is 0 Å². The van der Waals surface area contributed by atoms with Crippen molar-refractivity contribution in [3.05, 3.63) is 34.9 Å². The third kappa shape index (κ3) is 3.82.